The van der Waals surface area contributed by atoms with E-state index in [1.807, 2.05) is 49.6 Å². The SMILES string of the molecule is Cc1ccc2ccc3ccc(CN(Cc4ccccn4)Cc4ccccn4)nc3c2n1.[Ni+3].[O-][Cl+3]([O-])([O-])[O-].[O-][Cl+3]([O-])([O-])[O-].[OH3+]. The van der Waals surface area contributed by atoms with Crippen LogP contribution in [-0.4, -0.2) is 24.8 Å². The van der Waals surface area contributed by atoms with Crippen LogP contribution in [0, 0.1) is 27.4 Å². The first-order chi connectivity index (χ1) is 19.2. The molecule has 231 valence electrons. The molecule has 0 aliphatic carbocycles. The van der Waals surface area contributed by atoms with Gasteiger partial charge in [-0.25, -0.2) is 42.3 Å². The molecule has 0 atom stereocenters. The van der Waals surface area contributed by atoms with Gasteiger partial charge < -0.3 is 5.48 Å². The second kappa shape index (κ2) is 17.3. The first-order valence-corrected chi connectivity index (χ1v) is 14.1. The third kappa shape index (κ3) is 14.8. The van der Waals surface area contributed by atoms with E-state index in [4.69, 9.17) is 47.2 Å². The number of fused-ring (bicyclic) bond motifs is 3. The van der Waals surface area contributed by atoms with Crippen molar-refractivity contribution in [1.82, 2.24) is 24.8 Å². The molecule has 4 aromatic heterocycles. The van der Waals surface area contributed by atoms with Crippen molar-refractivity contribution in [2.75, 3.05) is 0 Å². The molecule has 3 N–H and O–H groups in total. The average molecular weight is 682 g/mol. The van der Waals surface area contributed by atoms with Gasteiger partial charge in [-0.3, -0.25) is 19.9 Å². The Balaban J connectivity index is 0.000000672. The first kappa shape index (κ1) is 38.0. The maximum atomic E-state index is 8.49. The van der Waals surface area contributed by atoms with Crippen molar-refractivity contribution >= 4 is 21.8 Å². The van der Waals surface area contributed by atoms with Gasteiger partial charge in [-0.05, 0) is 43.3 Å². The van der Waals surface area contributed by atoms with Gasteiger partial charge in [-0.2, -0.15) is 0 Å². The maximum Gasteiger partial charge on any atom is 3.00 e. The molecule has 43 heavy (non-hydrogen) atoms. The molecule has 0 unspecified atom stereocenters. The van der Waals surface area contributed by atoms with Crippen LogP contribution in [0.25, 0.3) is 21.8 Å². The standard InChI is InChI=1S/C26H23N5.2ClHO4.Ni.H2O/c1-19-8-9-20-10-11-21-12-13-24(30-26(21)25(20)29-19)18-31(16-22-6-2-4-14-27-22)17-23-7-3-5-15-28-23;2*2-1(3,4)5;;/h2-15H,16-18H2,1H3;2*(H,2,3,4,5);;1H2/q;;;+3;/p-1. The smallest absolute Gasteiger partial charge is 0.457 e. The molecule has 5 rings (SSSR count). The Morgan fingerprint density at radius 3 is 1.40 bits per heavy atom. The van der Waals surface area contributed by atoms with Gasteiger partial charge in [0.1, 0.15) is 0 Å². The predicted octanol–water partition coefficient (Wildman–Crippen LogP) is -5.35. The maximum absolute atomic E-state index is 8.49. The zero-order valence-corrected chi connectivity index (χ0v) is 24.9. The van der Waals surface area contributed by atoms with E-state index in [0.717, 1.165) is 57.7 Å². The fraction of sp³-hybridized carbons (Fsp3) is 0.154. The van der Waals surface area contributed by atoms with Gasteiger partial charge in [0.25, 0.3) is 0 Å². The summed E-state index contributed by atoms with van der Waals surface area (Å²) < 4.78 is 67.9. The molecule has 1 radical (unpaired) electrons. The predicted molar refractivity (Wildman–Crippen MR) is 128 cm³/mol. The minimum absolute atomic E-state index is 0. The molecule has 5 aromatic rings. The summed E-state index contributed by atoms with van der Waals surface area (Å²) in [4.78, 5) is 21.1. The van der Waals surface area contributed by atoms with E-state index >= 15 is 0 Å². The van der Waals surface area contributed by atoms with Crippen LogP contribution in [0.3, 0.4) is 0 Å². The van der Waals surface area contributed by atoms with E-state index in [9.17, 15) is 0 Å². The summed E-state index contributed by atoms with van der Waals surface area (Å²) in [5.74, 6) is 0. The molecule has 0 saturated heterocycles. The monoisotopic (exact) mass is 680 g/mol. The summed E-state index contributed by atoms with van der Waals surface area (Å²) >= 11 is 0. The minimum Gasteiger partial charge on any atom is -0.457 e. The van der Waals surface area contributed by atoms with Crippen molar-refractivity contribution in [3.63, 3.8) is 0 Å². The largest absolute Gasteiger partial charge is 3.00 e. The molecule has 0 aliphatic rings. The summed E-state index contributed by atoms with van der Waals surface area (Å²) in [6.07, 6.45) is 3.67. The van der Waals surface area contributed by atoms with E-state index < -0.39 is 20.5 Å². The number of pyridine rings is 4. The van der Waals surface area contributed by atoms with Crippen molar-refractivity contribution in [1.29, 1.82) is 0 Å². The Morgan fingerprint density at radius 1 is 0.558 bits per heavy atom. The van der Waals surface area contributed by atoms with Crippen LogP contribution in [-0.2, 0) is 41.6 Å². The molecule has 17 heteroatoms. The third-order valence-corrected chi connectivity index (χ3v) is 5.33. The number of hydrogen-bond acceptors (Lipinski definition) is 13. The molecule has 0 amide bonds. The fourth-order valence-corrected chi connectivity index (χ4v) is 3.83. The van der Waals surface area contributed by atoms with Crippen LogP contribution in [0.15, 0.2) is 85.2 Å². The normalized spacial score (nSPS) is 11.0. The molecule has 14 nitrogen and oxygen atoms in total. The molecular formula is C26H26Cl2N5NiO9+2. The van der Waals surface area contributed by atoms with Crippen molar-refractivity contribution in [2.45, 2.75) is 26.6 Å². The van der Waals surface area contributed by atoms with Crippen molar-refractivity contribution < 1.29 is 79.7 Å². The van der Waals surface area contributed by atoms with Crippen LogP contribution >= 0.6 is 0 Å². The topological polar surface area (TPSA) is 272 Å². The molecule has 0 spiro atoms. The summed E-state index contributed by atoms with van der Waals surface area (Å²) in [5.41, 5.74) is 5.98. The van der Waals surface area contributed by atoms with Crippen LogP contribution in [0.1, 0.15) is 22.8 Å². The zero-order chi connectivity index (χ0) is 30.0. The Kier molecular flexibility index (Phi) is 15.3. The van der Waals surface area contributed by atoms with Gasteiger partial charge in [0.2, 0.25) is 0 Å². The average Bonchev–Trinajstić information content (AvgIpc) is 2.88. The second-order valence-corrected chi connectivity index (χ2v) is 10.0. The van der Waals surface area contributed by atoms with E-state index in [0.29, 0.717) is 6.54 Å². The Bertz CT molecular complexity index is 1480. The number of rotatable bonds is 6. The third-order valence-electron chi connectivity index (χ3n) is 5.33. The quantitative estimate of drug-likeness (QED) is 0.0921. The molecule has 0 saturated carbocycles. The first-order valence-electron chi connectivity index (χ1n) is 11.7. The zero-order valence-electron chi connectivity index (χ0n) is 22.4. The number of hydrogen-bond donors (Lipinski definition) is 0. The molecular weight excluding hydrogens is 656 g/mol. The van der Waals surface area contributed by atoms with Gasteiger partial charge >= 0.3 is 16.5 Å². The van der Waals surface area contributed by atoms with E-state index in [2.05, 4.69) is 57.3 Å². The second-order valence-electron chi connectivity index (χ2n) is 8.51. The molecule has 0 bridgehead atoms. The number of nitrogens with zero attached hydrogens (tertiary/aromatic N) is 5. The van der Waals surface area contributed by atoms with Crippen LogP contribution in [0.5, 0.6) is 0 Å². The minimum atomic E-state index is -4.94. The van der Waals surface area contributed by atoms with E-state index in [-0.39, 0.29) is 22.0 Å². The summed E-state index contributed by atoms with van der Waals surface area (Å²) in [6, 6.07) is 24.7. The van der Waals surface area contributed by atoms with Crippen molar-refractivity contribution in [3.05, 3.63) is 108 Å². The van der Waals surface area contributed by atoms with Crippen LogP contribution < -0.4 is 37.3 Å². The van der Waals surface area contributed by atoms with Gasteiger partial charge in [-0.15, -0.1) is 20.5 Å². The van der Waals surface area contributed by atoms with E-state index in [1.54, 1.807) is 0 Å². The Morgan fingerprint density at radius 2 is 0.953 bits per heavy atom. The van der Waals surface area contributed by atoms with Crippen LogP contribution in [0.2, 0.25) is 0 Å². The van der Waals surface area contributed by atoms with Crippen molar-refractivity contribution in [2.24, 2.45) is 0 Å². The number of benzene rings is 1. The summed E-state index contributed by atoms with van der Waals surface area (Å²) in [6.45, 7) is 4.17. The number of aryl methyl sites for hydroxylation is 1. The molecule has 1 aromatic carbocycles. The molecule has 0 aliphatic heterocycles. The number of halogens is 2. The van der Waals surface area contributed by atoms with Gasteiger partial charge in [-0.1, -0.05) is 36.4 Å². The summed E-state index contributed by atoms with van der Waals surface area (Å²) in [5, 5.41) is 2.22. The van der Waals surface area contributed by atoms with E-state index in [1.165, 1.54) is 0 Å². The van der Waals surface area contributed by atoms with Gasteiger partial charge in [0.15, 0.2) is 0 Å². The van der Waals surface area contributed by atoms with Gasteiger partial charge in [0.05, 0.1) is 28.1 Å². The number of aromatic nitrogens is 4. The molecule has 4 heterocycles. The van der Waals surface area contributed by atoms with Crippen molar-refractivity contribution in [3.8, 4) is 0 Å². The Hall–Kier alpha value is -2.99. The fourth-order valence-electron chi connectivity index (χ4n) is 3.83. The molecule has 0 fully saturated rings. The van der Waals surface area contributed by atoms with Gasteiger partial charge in [0, 0.05) is 48.5 Å². The summed E-state index contributed by atoms with van der Waals surface area (Å²) in [7, 11) is -9.89. The van der Waals surface area contributed by atoms with Crippen LogP contribution in [0.4, 0.5) is 0 Å². The Labute approximate surface area is 260 Å².